The highest BCUT2D eigenvalue weighted by molar-refractivity contribution is 5.85. The number of rotatable bonds is 5. The van der Waals surface area contributed by atoms with E-state index >= 15 is 0 Å². The number of carbonyl (C=O) groups excluding carboxylic acids is 1. The number of benzene rings is 1. The fourth-order valence-corrected chi connectivity index (χ4v) is 1.66. The van der Waals surface area contributed by atoms with Gasteiger partial charge in [-0.05, 0) is 31.0 Å². The Morgan fingerprint density at radius 2 is 2.05 bits per heavy atom. The summed E-state index contributed by atoms with van der Waals surface area (Å²) in [6, 6.07) is 2.66. The molecule has 0 saturated heterocycles. The van der Waals surface area contributed by atoms with Crippen molar-refractivity contribution in [3.8, 4) is 5.75 Å². The molecule has 0 aliphatic carbocycles. The van der Waals surface area contributed by atoms with Gasteiger partial charge >= 0.3 is 11.9 Å². The number of carbonyl (C=O) groups is 1. The van der Waals surface area contributed by atoms with Crippen LogP contribution in [0.3, 0.4) is 0 Å². The molecule has 0 bridgehead atoms. The molecule has 0 saturated carbocycles. The van der Waals surface area contributed by atoms with Crippen molar-refractivity contribution < 1.29 is 23.0 Å². The molecule has 1 rings (SSSR count). The number of hydrogen-bond acceptors (Lipinski definition) is 4. The van der Waals surface area contributed by atoms with Crippen LogP contribution in [0.2, 0.25) is 0 Å². The lowest BCUT2D eigenvalue weighted by Crippen LogP contribution is -2.41. The van der Waals surface area contributed by atoms with Crippen LogP contribution in [0, 0.1) is 6.92 Å². The van der Waals surface area contributed by atoms with Crippen LogP contribution in [0.1, 0.15) is 24.1 Å². The molecule has 114 valence electrons. The molecule has 0 aliphatic rings. The van der Waals surface area contributed by atoms with E-state index < -0.39 is 17.9 Å². The molecule has 0 unspecified atom stereocenters. The lowest BCUT2D eigenvalue weighted by molar-refractivity contribution is -0.174. The molecule has 1 aromatic rings. The number of aryl methyl sites for hydroxylation is 1. The molecular formula is C13H18ClF2NO3. The summed E-state index contributed by atoms with van der Waals surface area (Å²) in [5.74, 6) is -4.82. The van der Waals surface area contributed by atoms with E-state index in [4.69, 9.17) is 10.5 Å². The summed E-state index contributed by atoms with van der Waals surface area (Å²) in [4.78, 5) is 11.2. The van der Waals surface area contributed by atoms with Crippen LogP contribution in [-0.4, -0.2) is 25.6 Å². The van der Waals surface area contributed by atoms with Crippen molar-refractivity contribution in [1.82, 2.24) is 0 Å². The maximum absolute atomic E-state index is 13.8. The molecule has 1 atom stereocenters. The highest BCUT2D eigenvalue weighted by Crippen LogP contribution is 2.32. The van der Waals surface area contributed by atoms with Crippen LogP contribution in [0.15, 0.2) is 18.2 Å². The second kappa shape index (κ2) is 7.40. The van der Waals surface area contributed by atoms with Crippen molar-refractivity contribution >= 4 is 18.4 Å². The van der Waals surface area contributed by atoms with Crippen molar-refractivity contribution in [1.29, 1.82) is 0 Å². The SMILES string of the molecule is CCOC(=O)C(F)(F)[C@@H](N)c1ccc(OC)c(C)c1.Cl. The van der Waals surface area contributed by atoms with Gasteiger partial charge in [0.25, 0.3) is 0 Å². The average molecular weight is 310 g/mol. The zero-order valence-corrected chi connectivity index (χ0v) is 12.3. The van der Waals surface area contributed by atoms with Crippen molar-refractivity contribution in [2.24, 2.45) is 5.73 Å². The first kappa shape index (κ1) is 18.6. The molecule has 1 aromatic carbocycles. The third-order valence-corrected chi connectivity index (χ3v) is 2.72. The lowest BCUT2D eigenvalue weighted by atomic mass is 9.99. The Hall–Kier alpha value is -1.40. The van der Waals surface area contributed by atoms with Gasteiger partial charge < -0.3 is 15.2 Å². The van der Waals surface area contributed by atoms with Gasteiger partial charge in [-0.1, -0.05) is 12.1 Å². The summed E-state index contributed by atoms with van der Waals surface area (Å²) in [6.07, 6.45) is 0. The van der Waals surface area contributed by atoms with E-state index in [0.717, 1.165) is 0 Å². The summed E-state index contributed by atoms with van der Waals surface area (Å²) in [5, 5.41) is 0. The second-order valence-corrected chi connectivity index (χ2v) is 4.05. The van der Waals surface area contributed by atoms with E-state index in [0.29, 0.717) is 11.3 Å². The minimum atomic E-state index is -3.77. The summed E-state index contributed by atoms with van der Waals surface area (Å²) in [7, 11) is 1.48. The molecule has 7 heteroatoms. The first-order valence-corrected chi connectivity index (χ1v) is 5.79. The van der Waals surface area contributed by atoms with Crippen molar-refractivity contribution in [2.45, 2.75) is 25.8 Å². The second-order valence-electron chi connectivity index (χ2n) is 4.05. The maximum atomic E-state index is 13.8. The number of esters is 1. The summed E-state index contributed by atoms with van der Waals surface area (Å²) in [5.41, 5.74) is 6.28. The van der Waals surface area contributed by atoms with Crippen LogP contribution >= 0.6 is 12.4 Å². The number of methoxy groups -OCH3 is 1. The van der Waals surface area contributed by atoms with E-state index in [1.165, 1.54) is 32.2 Å². The topological polar surface area (TPSA) is 61.5 Å². The molecular weight excluding hydrogens is 292 g/mol. The highest BCUT2D eigenvalue weighted by atomic mass is 35.5. The smallest absolute Gasteiger partial charge is 0.379 e. The number of hydrogen-bond donors (Lipinski definition) is 1. The van der Waals surface area contributed by atoms with Crippen LogP contribution in [0.4, 0.5) is 8.78 Å². The van der Waals surface area contributed by atoms with Crippen LogP contribution < -0.4 is 10.5 Å². The fraction of sp³-hybridized carbons (Fsp3) is 0.462. The number of alkyl halides is 2. The molecule has 0 amide bonds. The third kappa shape index (κ3) is 3.80. The van der Waals surface area contributed by atoms with Crippen LogP contribution in [-0.2, 0) is 9.53 Å². The quantitative estimate of drug-likeness (QED) is 0.849. The predicted molar refractivity (Wildman–Crippen MR) is 73.5 cm³/mol. The van der Waals surface area contributed by atoms with Gasteiger partial charge in [0.15, 0.2) is 0 Å². The standard InChI is InChI=1S/C13H17F2NO3.ClH/c1-4-19-12(17)13(14,15)11(16)9-5-6-10(18-3)8(2)7-9;/h5-7,11H,4,16H2,1-3H3;1H/t11-;/m0./s1. The Morgan fingerprint density at radius 3 is 2.50 bits per heavy atom. The van der Waals surface area contributed by atoms with Gasteiger partial charge in [-0.3, -0.25) is 0 Å². The Labute approximate surface area is 122 Å². The third-order valence-electron chi connectivity index (χ3n) is 2.72. The largest absolute Gasteiger partial charge is 0.496 e. The van der Waals surface area contributed by atoms with E-state index in [-0.39, 0.29) is 24.6 Å². The molecule has 0 aliphatic heterocycles. The van der Waals surface area contributed by atoms with Gasteiger partial charge in [-0.2, -0.15) is 8.78 Å². The van der Waals surface area contributed by atoms with Gasteiger partial charge in [0.2, 0.25) is 0 Å². The first-order chi connectivity index (χ1) is 8.84. The normalized spacial score (nSPS) is 12.3. The van der Waals surface area contributed by atoms with E-state index in [1.54, 1.807) is 6.92 Å². The maximum Gasteiger partial charge on any atom is 0.379 e. The minimum Gasteiger partial charge on any atom is -0.496 e. The van der Waals surface area contributed by atoms with Gasteiger partial charge in [0, 0.05) is 0 Å². The van der Waals surface area contributed by atoms with Gasteiger partial charge in [0.05, 0.1) is 13.7 Å². The first-order valence-electron chi connectivity index (χ1n) is 5.79. The van der Waals surface area contributed by atoms with Crippen molar-refractivity contribution in [3.05, 3.63) is 29.3 Å². The fourth-order valence-electron chi connectivity index (χ4n) is 1.66. The van der Waals surface area contributed by atoms with E-state index in [2.05, 4.69) is 4.74 Å². The van der Waals surface area contributed by atoms with E-state index in [9.17, 15) is 13.6 Å². The zero-order chi connectivity index (χ0) is 14.6. The summed E-state index contributed by atoms with van der Waals surface area (Å²) < 4.78 is 36.9. The molecule has 0 heterocycles. The van der Waals surface area contributed by atoms with Crippen LogP contribution in [0.25, 0.3) is 0 Å². The Bertz CT molecular complexity index is 469. The number of halogens is 3. The van der Waals surface area contributed by atoms with Gasteiger partial charge in [-0.15, -0.1) is 12.4 Å². The molecule has 0 spiro atoms. The Kier molecular flexibility index (Phi) is 6.88. The zero-order valence-electron chi connectivity index (χ0n) is 11.5. The van der Waals surface area contributed by atoms with Crippen molar-refractivity contribution in [2.75, 3.05) is 13.7 Å². The molecule has 4 nitrogen and oxygen atoms in total. The molecule has 2 N–H and O–H groups in total. The van der Waals surface area contributed by atoms with Crippen LogP contribution in [0.5, 0.6) is 5.75 Å². The number of ether oxygens (including phenoxy) is 2. The van der Waals surface area contributed by atoms with E-state index in [1.807, 2.05) is 0 Å². The molecule has 0 aromatic heterocycles. The monoisotopic (exact) mass is 309 g/mol. The van der Waals surface area contributed by atoms with Gasteiger partial charge in [0.1, 0.15) is 11.8 Å². The highest BCUT2D eigenvalue weighted by Gasteiger charge is 2.47. The summed E-state index contributed by atoms with van der Waals surface area (Å²) >= 11 is 0. The number of nitrogens with two attached hydrogens (primary N) is 1. The lowest BCUT2D eigenvalue weighted by Gasteiger charge is -2.22. The molecule has 20 heavy (non-hydrogen) atoms. The van der Waals surface area contributed by atoms with Crippen molar-refractivity contribution in [3.63, 3.8) is 0 Å². The molecule has 0 fully saturated rings. The minimum absolute atomic E-state index is 0. The summed E-state index contributed by atoms with van der Waals surface area (Å²) in [6.45, 7) is 3.04. The Balaban J connectivity index is 0.00000361. The average Bonchev–Trinajstić information content (AvgIpc) is 2.37. The molecule has 0 radical (unpaired) electrons. The Morgan fingerprint density at radius 1 is 1.45 bits per heavy atom. The predicted octanol–water partition coefficient (Wildman–Crippen LogP) is 2.62. The van der Waals surface area contributed by atoms with Gasteiger partial charge in [-0.25, -0.2) is 4.79 Å².